The van der Waals surface area contributed by atoms with E-state index in [1.54, 1.807) is 0 Å². The first-order chi connectivity index (χ1) is 16.0. The molecular formula is C18H28O16. The summed E-state index contributed by atoms with van der Waals surface area (Å²) < 4.78 is 25.9. The first-order valence-corrected chi connectivity index (χ1v) is 10.3. The molecular weight excluding hydrogens is 472 g/mol. The average molecular weight is 500 g/mol. The van der Waals surface area contributed by atoms with Gasteiger partial charge in [0.15, 0.2) is 24.8 Å². The van der Waals surface area contributed by atoms with Crippen LogP contribution >= 0.6 is 0 Å². The molecule has 3 rings (SSSR count). The predicted octanol–water partition coefficient (Wildman–Crippen LogP) is -7.16. The van der Waals surface area contributed by atoms with Crippen LogP contribution in [-0.4, -0.2) is 157 Å². The lowest BCUT2D eigenvalue weighted by molar-refractivity contribution is -0.330. The van der Waals surface area contributed by atoms with Gasteiger partial charge in [-0.25, -0.2) is 4.79 Å². The lowest BCUT2D eigenvalue weighted by Gasteiger charge is -2.42. The van der Waals surface area contributed by atoms with Gasteiger partial charge >= 0.3 is 5.97 Å². The Kier molecular flexibility index (Phi) is 8.90. The van der Waals surface area contributed by atoms with Crippen LogP contribution in [0.2, 0.25) is 0 Å². The van der Waals surface area contributed by atoms with Gasteiger partial charge in [-0.3, -0.25) is 4.79 Å². The van der Waals surface area contributed by atoms with Crippen molar-refractivity contribution >= 4 is 11.8 Å². The van der Waals surface area contributed by atoms with E-state index < -0.39 is 111 Å². The minimum Gasteiger partial charge on any atom is -0.450 e. The summed E-state index contributed by atoms with van der Waals surface area (Å²) in [6.07, 6.45) is -22.4. The highest BCUT2D eigenvalue weighted by Gasteiger charge is 2.54. The molecule has 13 atom stereocenters. The highest BCUT2D eigenvalue weighted by molar-refractivity contribution is 6.37. The molecule has 0 radical (unpaired) electrons. The number of Topliss-reactive ketones (excluding diaryl/α,β-unsaturated/α-hetero) is 1. The first-order valence-electron chi connectivity index (χ1n) is 10.3. The maximum absolute atomic E-state index is 12.3. The number of hydrogen-bond acceptors (Lipinski definition) is 16. The van der Waals surface area contributed by atoms with Gasteiger partial charge in [0.05, 0.1) is 19.8 Å². The molecule has 3 saturated heterocycles. The van der Waals surface area contributed by atoms with Gasteiger partial charge in [0.25, 0.3) is 5.78 Å². The van der Waals surface area contributed by atoms with E-state index in [0.29, 0.717) is 0 Å². The third kappa shape index (κ3) is 5.09. The first kappa shape index (κ1) is 27.2. The van der Waals surface area contributed by atoms with E-state index in [0.717, 1.165) is 0 Å². The third-order valence-electron chi connectivity index (χ3n) is 5.83. The van der Waals surface area contributed by atoms with Gasteiger partial charge in [-0.2, -0.15) is 0 Å². The maximum atomic E-state index is 12.3. The molecule has 0 spiro atoms. The quantitative estimate of drug-likeness (QED) is 0.111. The van der Waals surface area contributed by atoms with Gasteiger partial charge in [0, 0.05) is 0 Å². The molecule has 3 aliphatic heterocycles. The van der Waals surface area contributed by atoms with Crippen molar-refractivity contribution < 1.29 is 79.2 Å². The van der Waals surface area contributed by atoms with Gasteiger partial charge in [-0.05, 0) is 0 Å². The zero-order valence-corrected chi connectivity index (χ0v) is 17.5. The summed E-state index contributed by atoms with van der Waals surface area (Å²) in [5.41, 5.74) is 0. The Balaban J connectivity index is 1.77. The SMILES string of the molecule is O=C1O[C@H]([C@H](CO)OC2O[C@H](CO)[C@@H](O)[C@H](O)[C@H]2O)C(OC2O[C@H](CO)[C@@H](O)[C@H](O)[C@H]2O)C1=O. The fraction of sp³-hybridized carbons (Fsp3) is 0.889. The largest absolute Gasteiger partial charge is 0.450 e. The van der Waals surface area contributed by atoms with E-state index in [1.165, 1.54) is 0 Å². The number of aliphatic hydroxyl groups excluding tert-OH is 9. The van der Waals surface area contributed by atoms with E-state index in [4.69, 9.17) is 23.7 Å². The Morgan fingerprint density at radius 1 is 0.735 bits per heavy atom. The van der Waals surface area contributed by atoms with Crippen molar-refractivity contribution in [1.82, 2.24) is 0 Å². The Morgan fingerprint density at radius 2 is 1.24 bits per heavy atom. The molecule has 3 heterocycles. The van der Waals surface area contributed by atoms with Crippen molar-refractivity contribution in [3.05, 3.63) is 0 Å². The van der Waals surface area contributed by atoms with Crippen LogP contribution in [0.5, 0.6) is 0 Å². The zero-order chi connectivity index (χ0) is 25.3. The molecule has 34 heavy (non-hydrogen) atoms. The number of hydrogen-bond donors (Lipinski definition) is 9. The Morgan fingerprint density at radius 3 is 1.74 bits per heavy atom. The second-order valence-corrected chi connectivity index (χ2v) is 8.04. The molecule has 0 amide bonds. The molecule has 3 fully saturated rings. The molecule has 0 aromatic carbocycles. The number of esters is 1. The molecule has 196 valence electrons. The highest BCUT2D eigenvalue weighted by Crippen LogP contribution is 2.30. The van der Waals surface area contributed by atoms with Crippen molar-refractivity contribution in [3.8, 4) is 0 Å². The molecule has 16 heteroatoms. The smallest absolute Gasteiger partial charge is 0.378 e. The van der Waals surface area contributed by atoms with Crippen molar-refractivity contribution in [3.63, 3.8) is 0 Å². The van der Waals surface area contributed by atoms with Crippen LogP contribution in [0, 0.1) is 0 Å². The average Bonchev–Trinajstić information content (AvgIpc) is 3.10. The fourth-order valence-corrected chi connectivity index (χ4v) is 3.82. The van der Waals surface area contributed by atoms with Crippen LogP contribution in [0.3, 0.4) is 0 Å². The Bertz CT molecular complexity index is 716. The number of ketones is 1. The molecule has 0 aromatic heterocycles. The number of carbonyl (C=O) groups is 2. The van der Waals surface area contributed by atoms with E-state index in [9.17, 15) is 55.5 Å². The monoisotopic (exact) mass is 500 g/mol. The normalized spacial score (nSPS) is 46.4. The van der Waals surface area contributed by atoms with Crippen LogP contribution in [0.1, 0.15) is 0 Å². The third-order valence-corrected chi connectivity index (χ3v) is 5.83. The van der Waals surface area contributed by atoms with Crippen LogP contribution in [0.25, 0.3) is 0 Å². The number of carbonyl (C=O) groups excluding carboxylic acids is 2. The molecule has 16 nitrogen and oxygen atoms in total. The summed E-state index contributed by atoms with van der Waals surface area (Å²) >= 11 is 0. The Hall–Kier alpha value is -1.38. The van der Waals surface area contributed by atoms with E-state index in [2.05, 4.69) is 0 Å². The maximum Gasteiger partial charge on any atom is 0.378 e. The minimum absolute atomic E-state index is 0.770. The molecule has 0 bridgehead atoms. The fourth-order valence-electron chi connectivity index (χ4n) is 3.82. The van der Waals surface area contributed by atoms with Gasteiger partial charge in [0.1, 0.15) is 54.9 Å². The minimum atomic E-state index is -1.92. The predicted molar refractivity (Wildman–Crippen MR) is 99.3 cm³/mol. The molecule has 9 N–H and O–H groups in total. The zero-order valence-electron chi connectivity index (χ0n) is 17.5. The van der Waals surface area contributed by atoms with Crippen molar-refractivity contribution in [2.24, 2.45) is 0 Å². The van der Waals surface area contributed by atoms with E-state index >= 15 is 0 Å². The Labute approximate surface area is 191 Å². The van der Waals surface area contributed by atoms with Crippen LogP contribution in [0.15, 0.2) is 0 Å². The second kappa shape index (κ2) is 11.1. The highest BCUT2D eigenvalue weighted by atomic mass is 16.7. The van der Waals surface area contributed by atoms with Crippen molar-refractivity contribution in [2.45, 2.75) is 79.7 Å². The van der Waals surface area contributed by atoms with E-state index in [-0.39, 0.29) is 0 Å². The molecule has 0 aliphatic carbocycles. The summed E-state index contributed by atoms with van der Waals surface area (Å²) in [5.74, 6) is -2.69. The summed E-state index contributed by atoms with van der Waals surface area (Å²) in [5, 5.41) is 88.1. The standard InChI is InChI=1S/C18H28O16/c19-1-4-7(22)9(24)11(26)17(30-4)32-6(3-21)14-15(13(28)16(29)33-14)34-18-12(27)10(25)8(23)5(2-20)31-18/h4-12,14-15,17-27H,1-3H2/t4-,5-,6+,7-,8-,9+,10+,11-,12-,14-,15?,17?,18?/m1/s1. The summed E-state index contributed by atoms with van der Waals surface area (Å²) in [4.78, 5) is 24.3. The van der Waals surface area contributed by atoms with E-state index in [1.807, 2.05) is 0 Å². The lowest BCUT2D eigenvalue weighted by Crippen LogP contribution is -2.61. The number of cyclic esters (lactones) is 1. The van der Waals surface area contributed by atoms with Gasteiger partial charge < -0.3 is 69.6 Å². The molecule has 0 saturated carbocycles. The number of aliphatic hydroxyl groups is 9. The molecule has 3 unspecified atom stereocenters. The number of rotatable bonds is 8. The van der Waals surface area contributed by atoms with Crippen LogP contribution < -0.4 is 0 Å². The van der Waals surface area contributed by atoms with Crippen molar-refractivity contribution in [2.75, 3.05) is 19.8 Å². The summed E-state index contributed by atoms with van der Waals surface area (Å²) in [7, 11) is 0. The topological polar surface area (TPSA) is 262 Å². The molecule has 0 aromatic rings. The summed E-state index contributed by atoms with van der Waals surface area (Å²) in [6.45, 7) is -2.51. The van der Waals surface area contributed by atoms with Crippen LogP contribution in [0.4, 0.5) is 0 Å². The number of ether oxygens (including phenoxy) is 5. The summed E-state index contributed by atoms with van der Waals surface area (Å²) in [6, 6.07) is 0. The second-order valence-electron chi connectivity index (χ2n) is 8.04. The molecule has 3 aliphatic rings. The van der Waals surface area contributed by atoms with Crippen LogP contribution in [-0.2, 0) is 33.3 Å². The van der Waals surface area contributed by atoms with Gasteiger partial charge in [0.2, 0.25) is 0 Å². The van der Waals surface area contributed by atoms with Gasteiger partial charge in [-0.15, -0.1) is 0 Å². The lowest BCUT2D eigenvalue weighted by atomic mass is 9.98. The van der Waals surface area contributed by atoms with Gasteiger partial charge in [-0.1, -0.05) is 0 Å². The van der Waals surface area contributed by atoms with Crippen molar-refractivity contribution in [1.29, 1.82) is 0 Å².